The topological polar surface area (TPSA) is 30.5 Å². The number of ether oxygens (including phenoxy) is 2. The number of hydrogen-bond donors (Lipinski definition) is 1. The molecular formula is C9H8INO2S. The average molecular weight is 321 g/mol. The fourth-order valence-corrected chi connectivity index (χ4v) is 1.49. The van der Waals surface area contributed by atoms with E-state index in [4.69, 9.17) is 21.7 Å². The van der Waals surface area contributed by atoms with Crippen LogP contribution in [0.4, 0.5) is 0 Å². The Morgan fingerprint density at radius 2 is 2.21 bits per heavy atom. The number of hydrogen-bond acceptors (Lipinski definition) is 3. The highest BCUT2D eigenvalue weighted by Gasteiger charge is 2.12. The van der Waals surface area contributed by atoms with Gasteiger partial charge in [0.2, 0.25) is 6.79 Å². The van der Waals surface area contributed by atoms with E-state index in [1.165, 1.54) is 0 Å². The lowest BCUT2D eigenvalue weighted by atomic mass is 10.2. The van der Waals surface area contributed by atoms with E-state index in [2.05, 4.69) is 27.9 Å². The normalized spacial score (nSPS) is 12.6. The van der Waals surface area contributed by atoms with Crippen molar-refractivity contribution in [3.63, 3.8) is 0 Å². The summed E-state index contributed by atoms with van der Waals surface area (Å²) in [5.74, 6) is 1.62. The van der Waals surface area contributed by atoms with E-state index in [9.17, 15) is 0 Å². The summed E-state index contributed by atoms with van der Waals surface area (Å²) in [7, 11) is 0. The third-order valence-electron chi connectivity index (χ3n) is 1.87. The zero-order valence-electron chi connectivity index (χ0n) is 7.25. The summed E-state index contributed by atoms with van der Waals surface area (Å²) < 4.78 is 11.2. The van der Waals surface area contributed by atoms with Gasteiger partial charge in [-0.25, -0.2) is 0 Å². The summed E-state index contributed by atoms with van der Waals surface area (Å²) in [6.45, 7) is 1.04. The van der Waals surface area contributed by atoms with Crippen LogP contribution in [-0.2, 0) is 6.54 Å². The molecule has 3 nitrogen and oxygen atoms in total. The van der Waals surface area contributed by atoms with Crippen LogP contribution < -0.4 is 14.8 Å². The molecule has 14 heavy (non-hydrogen) atoms. The first-order chi connectivity index (χ1) is 6.75. The minimum Gasteiger partial charge on any atom is -0.454 e. The number of fused-ring (bicyclic) bond motifs is 1. The number of thiocarbonyl (C=S) groups is 1. The Hall–Kier alpha value is -0.560. The Bertz CT molecular complexity index is 370. The van der Waals surface area contributed by atoms with Crippen molar-refractivity contribution in [3.05, 3.63) is 23.8 Å². The maximum atomic E-state index is 5.26. The minimum atomic E-state index is 0.316. The molecule has 1 N–H and O–H groups in total. The van der Waals surface area contributed by atoms with Crippen LogP contribution in [0.25, 0.3) is 0 Å². The van der Waals surface area contributed by atoms with Crippen LogP contribution in [0.1, 0.15) is 5.56 Å². The van der Waals surface area contributed by atoms with Crippen molar-refractivity contribution in [1.82, 2.24) is 5.32 Å². The van der Waals surface area contributed by atoms with E-state index in [0.717, 1.165) is 26.6 Å². The van der Waals surface area contributed by atoms with Gasteiger partial charge in [0.15, 0.2) is 11.5 Å². The molecular weight excluding hydrogens is 313 g/mol. The molecule has 1 aromatic rings. The summed E-state index contributed by atoms with van der Waals surface area (Å²) in [5, 5.41) is 3.07. The molecule has 5 heteroatoms. The Morgan fingerprint density at radius 3 is 3.00 bits per heavy atom. The third kappa shape index (κ3) is 2.27. The maximum Gasteiger partial charge on any atom is 0.231 e. The zero-order chi connectivity index (χ0) is 9.97. The van der Waals surface area contributed by atoms with E-state index >= 15 is 0 Å². The van der Waals surface area contributed by atoms with Gasteiger partial charge in [0.05, 0.1) is 0 Å². The molecule has 0 aliphatic carbocycles. The molecule has 0 aromatic heterocycles. The van der Waals surface area contributed by atoms with Crippen LogP contribution in [-0.4, -0.2) is 9.79 Å². The minimum absolute atomic E-state index is 0.316. The monoisotopic (exact) mass is 321 g/mol. The van der Waals surface area contributed by atoms with Crippen LogP contribution >= 0.6 is 34.8 Å². The number of rotatable bonds is 2. The van der Waals surface area contributed by atoms with Crippen LogP contribution in [0.2, 0.25) is 0 Å². The van der Waals surface area contributed by atoms with Gasteiger partial charge in [-0.2, -0.15) is 0 Å². The van der Waals surface area contributed by atoms with Crippen LogP contribution in [0.5, 0.6) is 11.5 Å². The molecule has 0 fully saturated rings. The first-order valence-electron chi connectivity index (χ1n) is 4.07. The molecule has 0 saturated heterocycles. The summed E-state index contributed by atoms with van der Waals surface area (Å²) in [5.41, 5.74) is 1.13. The second-order valence-corrected chi connectivity index (χ2v) is 5.03. The fraction of sp³-hybridized carbons (Fsp3) is 0.222. The summed E-state index contributed by atoms with van der Waals surface area (Å²) >= 11 is 6.98. The van der Waals surface area contributed by atoms with Gasteiger partial charge in [0.1, 0.15) is 3.00 Å². The molecule has 1 aliphatic heterocycles. The van der Waals surface area contributed by atoms with E-state index in [0.29, 0.717) is 6.79 Å². The SMILES string of the molecule is S=C(I)NCc1ccc2c(c1)OCO2. The largest absolute Gasteiger partial charge is 0.454 e. The zero-order valence-corrected chi connectivity index (χ0v) is 10.2. The molecule has 0 atom stereocenters. The highest BCUT2D eigenvalue weighted by molar-refractivity contribution is 14.1. The molecule has 1 aromatic carbocycles. The quantitative estimate of drug-likeness (QED) is 0.392. The summed E-state index contributed by atoms with van der Waals surface area (Å²) in [6, 6.07) is 5.87. The van der Waals surface area contributed by atoms with Crippen LogP contribution in [0.15, 0.2) is 18.2 Å². The smallest absolute Gasteiger partial charge is 0.231 e. The lowest BCUT2D eigenvalue weighted by Crippen LogP contribution is -2.14. The van der Waals surface area contributed by atoms with Gasteiger partial charge < -0.3 is 14.8 Å². The molecule has 74 valence electrons. The highest BCUT2D eigenvalue weighted by atomic mass is 127. The van der Waals surface area contributed by atoms with Crippen molar-refractivity contribution in [3.8, 4) is 11.5 Å². The third-order valence-corrected chi connectivity index (χ3v) is 2.39. The number of halogens is 1. The first-order valence-corrected chi connectivity index (χ1v) is 5.56. The molecule has 2 rings (SSSR count). The van der Waals surface area contributed by atoms with Gasteiger partial charge in [0, 0.05) is 6.54 Å². The average Bonchev–Trinajstić information content (AvgIpc) is 2.61. The van der Waals surface area contributed by atoms with Gasteiger partial charge in [0.25, 0.3) is 0 Å². The lowest BCUT2D eigenvalue weighted by molar-refractivity contribution is 0.174. The van der Waals surface area contributed by atoms with E-state index in [1.807, 2.05) is 18.2 Å². The van der Waals surface area contributed by atoms with Gasteiger partial charge in [-0.15, -0.1) is 0 Å². The maximum absolute atomic E-state index is 5.26. The Kier molecular flexibility index (Phi) is 3.07. The molecule has 0 spiro atoms. The Balaban J connectivity index is 2.09. The molecule has 0 radical (unpaired) electrons. The lowest BCUT2D eigenvalue weighted by Gasteiger charge is -2.03. The van der Waals surface area contributed by atoms with Crippen molar-refractivity contribution in [2.45, 2.75) is 6.54 Å². The van der Waals surface area contributed by atoms with Crippen LogP contribution in [0, 0.1) is 0 Å². The van der Waals surface area contributed by atoms with Crippen LogP contribution in [0.3, 0.4) is 0 Å². The highest BCUT2D eigenvalue weighted by Crippen LogP contribution is 2.32. The summed E-state index contributed by atoms with van der Waals surface area (Å²) in [6.07, 6.45) is 0. The second kappa shape index (κ2) is 4.31. The molecule has 0 amide bonds. The van der Waals surface area contributed by atoms with Gasteiger partial charge in [-0.05, 0) is 40.3 Å². The Labute approximate surface area is 101 Å². The van der Waals surface area contributed by atoms with Gasteiger partial charge in [-0.3, -0.25) is 0 Å². The van der Waals surface area contributed by atoms with E-state index < -0.39 is 0 Å². The standard InChI is InChI=1S/C9H8INO2S/c10-9(14)11-4-6-1-2-7-8(3-6)13-5-12-7/h1-3H,4-5H2,(H,11,14). The van der Waals surface area contributed by atoms with Crippen molar-refractivity contribution in [2.24, 2.45) is 0 Å². The van der Waals surface area contributed by atoms with Crippen molar-refractivity contribution < 1.29 is 9.47 Å². The molecule has 1 heterocycles. The van der Waals surface area contributed by atoms with Crippen molar-refractivity contribution in [1.29, 1.82) is 0 Å². The first kappa shape index (κ1) is 9.97. The van der Waals surface area contributed by atoms with Gasteiger partial charge >= 0.3 is 0 Å². The second-order valence-electron chi connectivity index (χ2n) is 2.81. The van der Waals surface area contributed by atoms with E-state index in [1.54, 1.807) is 0 Å². The fourth-order valence-electron chi connectivity index (χ4n) is 1.22. The van der Waals surface area contributed by atoms with Crippen molar-refractivity contribution in [2.75, 3.05) is 6.79 Å². The molecule has 0 unspecified atom stereocenters. The number of benzene rings is 1. The number of nitrogens with one attached hydrogen (secondary N) is 1. The Morgan fingerprint density at radius 1 is 1.43 bits per heavy atom. The predicted octanol–water partition coefficient (Wildman–Crippen LogP) is 2.22. The molecule has 0 bridgehead atoms. The summed E-state index contributed by atoms with van der Waals surface area (Å²) in [4.78, 5) is 0. The molecule has 1 aliphatic rings. The van der Waals surface area contributed by atoms with Crippen molar-refractivity contribution >= 4 is 37.8 Å². The predicted molar refractivity (Wildman–Crippen MR) is 66.0 cm³/mol. The molecule has 0 saturated carbocycles. The van der Waals surface area contributed by atoms with Gasteiger partial charge in [-0.1, -0.05) is 18.3 Å². The van der Waals surface area contributed by atoms with E-state index in [-0.39, 0.29) is 0 Å².